The Hall–Kier alpha value is -2.16. The zero-order valence-corrected chi connectivity index (χ0v) is 10.4. The van der Waals surface area contributed by atoms with Crippen LogP contribution in [-0.2, 0) is 4.79 Å². The fourth-order valence-electron chi connectivity index (χ4n) is 2.60. The van der Waals surface area contributed by atoms with Crippen molar-refractivity contribution in [1.82, 2.24) is 0 Å². The predicted octanol–water partition coefficient (Wildman–Crippen LogP) is 3.69. The highest BCUT2D eigenvalue weighted by molar-refractivity contribution is 5.92. The van der Waals surface area contributed by atoms with Crippen molar-refractivity contribution in [2.45, 2.75) is 18.8 Å². The first-order chi connectivity index (χ1) is 9.24. The fourth-order valence-corrected chi connectivity index (χ4v) is 2.60. The molecule has 1 aliphatic rings. The van der Waals surface area contributed by atoms with Crippen LogP contribution in [0.3, 0.4) is 0 Å². The van der Waals surface area contributed by atoms with Gasteiger partial charge in [-0.15, -0.1) is 0 Å². The van der Waals surface area contributed by atoms with Gasteiger partial charge in [-0.05, 0) is 35.7 Å². The maximum Gasteiger partial charge on any atom is 0.224 e. The zero-order valence-electron chi connectivity index (χ0n) is 10.4. The lowest BCUT2D eigenvalue weighted by Crippen LogP contribution is -2.08. The van der Waals surface area contributed by atoms with Crippen LogP contribution in [-0.4, -0.2) is 5.91 Å². The molecule has 3 rings (SSSR count). The lowest BCUT2D eigenvalue weighted by Gasteiger charge is -2.17. The lowest BCUT2D eigenvalue weighted by molar-refractivity contribution is -0.116. The molecule has 0 saturated carbocycles. The minimum absolute atomic E-state index is 0.0389. The van der Waals surface area contributed by atoms with E-state index in [2.05, 4.69) is 5.32 Å². The number of carbonyl (C=O) groups is 1. The predicted molar refractivity (Wildman–Crippen MR) is 72.5 cm³/mol. The molecule has 96 valence electrons. The van der Waals surface area contributed by atoms with Crippen LogP contribution in [0.25, 0.3) is 0 Å². The van der Waals surface area contributed by atoms with Gasteiger partial charge in [-0.2, -0.15) is 0 Å². The highest BCUT2D eigenvalue weighted by Crippen LogP contribution is 2.36. The van der Waals surface area contributed by atoms with Crippen LogP contribution in [0.5, 0.6) is 0 Å². The smallest absolute Gasteiger partial charge is 0.224 e. The highest BCUT2D eigenvalue weighted by atomic mass is 19.1. The summed E-state index contributed by atoms with van der Waals surface area (Å²) in [5, 5.41) is 2.92. The third kappa shape index (κ3) is 2.36. The van der Waals surface area contributed by atoms with E-state index in [0.717, 1.165) is 23.2 Å². The number of carbonyl (C=O) groups excluding carboxylic acids is 1. The third-order valence-electron chi connectivity index (χ3n) is 3.54. The summed E-state index contributed by atoms with van der Waals surface area (Å²) in [6, 6.07) is 14.3. The highest BCUT2D eigenvalue weighted by Gasteiger charge is 2.22. The number of rotatable bonds is 1. The Labute approximate surface area is 111 Å². The van der Waals surface area contributed by atoms with Crippen LogP contribution in [0.15, 0.2) is 48.5 Å². The number of fused-ring (bicyclic) bond motifs is 1. The summed E-state index contributed by atoms with van der Waals surface area (Å²) in [5.74, 6) is -0.0623. The van der Waals surface area contributed by atoms with Gasteiger partial charge in [-0.25, -0.2) is 4.39 Å². The minimum atomic E-state index is -0.236. The molecular formula is C16H14FNO. The molecule has 1 amide bonds. The Morgan fingerprint density at radius 3 is 2.58 bits per heavy atom. The minimum Gasteiger partial charge on any atom is -0.326 e. The van der Waals surface area contributed by atoms with Crippen LogP contribution in [0.2, 0.25) is 0 Å². The lowest BCUT2D eigenvalue weighted by atomic mass is 9.87. The Morgan fingerprint density at radius 2 is 1.79 bits per heavy atom. The van der Waals surface area contributed by atoms with Gasteiger partial charge in [0, 0.05) is 18.0 Å². The molecular weight excluding hydrogens is 241 g/mol. The SMILES string of the molecule is O=C1CCC(c2ccc(F)cc2)c2ccccc2N1. The van der Waals surface area contributed by atoms with Crippen molar-refractivity contribution in [2.24, 2.45) is 0 Å². The van der Waals surface area contributed by atoms with Gasteiger partial charge < -0.3 is 5.32 Å². The van der Waals surface area contributed by atoms with Crippen molar-refractivity contribution >= 4 is 11.6 Å². The van der Waals surface area contributed by atoms with Crippen molar-refractivity contribution < 1.29 is 9.18 Å². The van der Waals surface area contributed by atoms with Crippen LogP contribution < -0.4 is 5.32 Å². The second-order valence-corrected chi connectivity index (χ2v) is 4.78. The molecule has 0 bridgehead atoms. The second kappa shape index (κ2) is 4.84. The van der Waals surface area contributed by atoms with E-state index in [4.69, 9.17) is 0 Å². The number of halogens is 1. The van der Waals surface area contributed by atoms with Crippen LogP contribution in [0.1, 0.15) is 29.9 Å². The summed E-state index contributed by atoms with van der Waals surface area (Å²) in [7, 11) is 0. The number of amides is 1. The van der Waals surface area contributed by atoms with Crippen LogP contribution in [0.4, 0.5) is 10.1 Å². The van der Waals surface area contributed by atoms with E-state index in [1.807, 2.05) is 24.3 Å². The van der Waals surface area contributed by atoms with E-state index in [9.17, 15) is 9.18 Å². The van der Waals surface area contributed by atoms with E-state index < -0.39 is 0 Å². The standard InChI is InChI=1S/C16H14FNO/c17-12-7-5-11(6-8-12)13-9-10-16(19)18-15-4-2-1-3-14(13)15/h1-8,13H,9-10H2,(H,18,19). The number of hydrogen-bond donors (Lipinski definition) is 1. The number of nitrogens with one attached hydrogen (secondary N) is 1. The summed E-state index contributed by atoms with van der Waals surface area (Å²) < 4.78 is 13.0. The summed E-state index contributed by atoms with van der Waals surface area (Å²) in [6.07, 6.45) is 1.23. The molecule has 2 nitrogen and oxygen atoms in total. The van der Waals surface area contributed by atoms with Crippen LogP contribution >= 0.6 is 0 Å². The summed E-state index contributed by atoms with van der Waals surface area (Å²) in [4.78, 5) is 11.7. The monoisotopic (exact) mass is 255 g/mol. The van der Waals surface area contributed by atoms with E-state index in [1.165, 1.54) is 12.1 Å². The van der Waals surface area contributed by atoms with Gasteiger partial charge in [0.25, 0.3) is 0 Å². The summed E-state index contributed by atoms with van der Waals surface area (Å²) in [5.41, 5.74) is 3.00. The van der Waals surface area contributed by atoms with E-state index in [0.29, 0.717) is 6.42 Å². The van der Waals surface area contributed by atoms with Crippen molar-refractivity contribution in [3.05, 3.63) is 65.5 Å². The molecule has 1 unspecified atom stereocenters. The van der Waals surface area contributed by atoms with E-state index >= 15 is 0 Å². The largest absolute Gasteiger partial charge is 0.326 e. The zero-order chi connectivity index (χ0) is 13.2. The molecule has 19 heavy (non-hydrogen) atoms. The van der Waals surface area contributed by atoms with Crippen molar-refractivity contribution in [1.29, 1.82) is 0 Å². The average Bonchev–Trinajstić information content (AvgIpc) is 2.58. The third-order valence-corrected chi connectivity index (χ3v) is 3.54. The molecule has 0 radical (unpaired) electrons. The number of anilines is 1. The summed E-state index contributed by atoms with van der Waals surface area (Å²) in [6.45, 7) is 0. The number of para-hydroxylation sites is 1. The molecule has 2 aromatic carbocycles. The van der Waals surface area contributed by atoms with Gasteiger partial charge in [0.05, 0.1) is 0 Å². The molecule has 2 aromatic rings. The Balaban J connectivity index is 2.06. The second-order valence-electron chi connectivity index (χ2n) is 4.78. The molecule has 1 heterocycles. The average molecular weight is 255 g/mol. The molecule has 1 aliphatic heterocycles. The van der Waals surface area contributed by atoms with Gasteiger partial charge in [0.1, 0.15) is 5.82 Å². The normalized spacial score (nSPS) is 18.4. The van der Waals surface area contributed by atoms with Gasteiger partial charge in [-0.1, -0.05) is 30.3 Å². The first-order valence-corrected chi connectivity index (χ1v) is 6.38. The maximum absolute atomic E-state index is 13.0. The fraction of sp³-hybridized carbons (Fsp3) is 0.188. The first-order valence-electron chi connectivity index (χ1n) is 6.38. The molecule has 1 N–H and O–H groups in total. The molecule has 0 aromatic heterocycles. The Morgan fingerprint density at radius 1 is 1.05 bits per heavy atom. The van der Waals surface area contributed by atoms with E-state index in [-0.39, 0.29) is 17.6 Å². The van der Waals surface area contributed by atoms with Crippen LogP contribution in [0, 0.1) is 5.82 Å². The van der Waals surface area contributed by atoms with Crippen molar-refractivity contribution in [2.75, 3.05) is 5.32 Å². The first kappa shape index (κ1) is 11.9. The van der Waals surface area contributed by atoms with Crippen molar-refractivity contribution in [3.63, 3.8) is 0 Å². The van der Waals surface area contributed by atoms with E-state index in [1.54, 1.807) is 12.1 Å². The number of benzene rings is 2. The molecule has 0 fully saturated rings. The summed E-state index contributed by atoms with van der Waals surface area (Å²) >= 11 is 0. The van der Waals surface area contributed by atoms with Crippen molar-refractivity contribution in [3.8, 4) is 0 Å². The van der Waals surface area contributed by atoms with Gasteiger partial charge >= 0.3 is 0 Å². The molecule has 0 aliphatic carbocycles. The van der Waals surface area contributed by atoms with Gasteiger partial charge in [0.2, 0.25) is 5.91 Å². The Kier molecular flexibility index (Phi) is 3.03. The molecule has 1 atom stereocenters. The Bertz CT molecular complexity index is 606. The maximum atomic E-state index is 13.0. The molecule has 3 heteroatoms. The number of hydrogen-bond acceptors (Lipinski definition) is 1. The van der Waals surface area contributed by atoms with Gasteiger partial charge in [0.15, 0.2) is 0 Å². The quantitative estimate of drug-likeness (QED) is 0.827. The molecule has 0 spiro atoms. The van der Waals surface area contributed by atoms with Gasteiger partial charge in [-0.3, -0.25) is 4.79 Å². The molecule has 0 saturated heterocycles. The topological polar surface area (TPSA) is 29.1 Å².